The first kappa shape index (κ1) is 22.1. The average Bonchev–Trinajstić information content (AvgIpc) is 3.36. The lowest BCUT2D eigenvalue weighted by molar-refractivity contribution is -0.384. The molecule has 3 heterocycles. The Bertz CT molecular complexity index is 1490. The number of carbonyl (C=O) groups is 3. The molecule has 3 aliphatic rings. The third kappa shape index (κ3) is 3.16. The van der Waals surface area contributed by atoms with Crippen molar-refractivity contribution in [3.63, 3.8) is 0 Å². The fraction of sp³-hybridized carbons (Fsp3) is 0.154. The number of hydrazone groups is 1. The first-order chi connectivity index (χ1) is 17.4. The van der Waals surface area contributed by atoms with Gasteiger partial charge >= 0.3 is 0 Å². The van der Waals surface area contributed by atoms with Gasteiger partial charge in [0.2, 0.25) is 11.8 Å². The Morgan fingerprint density at radius 2 is 1.67 bits per heavy atom. The predicted molar refractivity (Wildman–Crippen MR) is 131 cm³/mol. The summed E-state index contributed by atoms with van der Waals surface area (Å²) in [6.45, 7) is 0. The number of hydrogen-bond acceptors (Lipinski definition) is 7. The van der Waals surface area contributed by atoms with E-state index in [4.69, 9.17) is 11.6 Å². The van der Waals surface area contributed by atoms with Crippen LogP contribution >= 0.6 is 11.6 Å². The van der Waals surface area contributed by atoms with Crippen LogP contribution in [-0.2, 0) is 9.59 Å². The third-order valence-corrected chi connectivity index (χ3v) is 7.24. The number of hydrogen-bond donors (Lipinski definition) is 0. The molecular weight excluding hydrogens is 484 g/mol. The standard InChI is InChI=1S/C26H17ClN4O5/c27-16-10-8-14(9-11-16)24(32)23-21-20(22-19-7-2-1-4-15(19)13-28-30(22)23)25(33)29(26(21)34)17-5-3-6-18(12-17)31(35)36/h1-13,20-23H/t20-,21-,22+,23+/m0/s1. The van der Waals surface area contributed by atoms with Crippen molar-refractivity contribution in [2.75, 3.05) is 4.90 Å². The van der Waals surface area contributed by atoms with Gasteiger partial charge < -0.3 is 0 Å². The minimum absolute atomic E-state index is 0.102. The van der Waals surface area contributed by atoms with Gasteiger partial charge in [-0.05, 0) is 41.5 Å². The molecule has 0 aromatic heterocycles. The first-order valence-corrected chi connectivity index (χ1v) is 11.6. The Morgan fingerprint density at radius 3 is 2.42 bits per heavy atom. The number of carbonyl (C=O) groups excluding carboxylic acids is 3. The minimum atomic E-state index is -1.04. The highest BCUT2D eigenvalue weighted by Gasteiger charge is 2.65. The van der Waals surface area contributed by atoms with E-state index in [9.17, 15) is 24.5 Å². The summed E-state index contributed by atoms with van der Waals surface area (Å²) in [5.41, 5.74) is 1.78. The van der Waals surface area contributed by atoms with E-state index < -0.39 is 40.7 Å². The van der Waals surface area contributed by atoms with Gasteiger partial charge in [-0.2, -0.15) is 5.10 Å². The van der Waals surface area contributed by atoms with Gasteiger partial charge in [-0.15, -0.1) is 0 Å². The molecule has 2 fully saturated rings. The van der Waals surface area contributed by atoms with Gasteiger partial charge in [0.15, 0.2) is 5.78 Å². The van der Waals surface area contributed by atoms with Crippen molar-refractivity contribution < 1.29 is 19.3 Å². The number of nitro benzene ring substituents is 1. The maximum Gasteiger partial charge on any atom is 0.271 e. The summed E-state index contributed by atoms with van der Waals surface area (Å²) in [5, 5.41) is 17.9. The molecule has 10 heteroatoms. The van der Waals surface area contributed by atoms with Crippen molar-refractivity contribution in [3.05, 3.63) is 105 Å². The summed E-state index contributed by atoms with van der Waals surface area (Å²) in [6.07, 6.45) is 1.63. The lowest BCUT2D eigenvalue weighted by Gasteiger charge is -2.33. The zero-order valence-electron chi connectivity index (χ0n) is 18.5. The van der Waals surface area contributed by atoms with Crippen molar-refractivity contribution in [2.45, 2.75) is 12.1 Å². The second-order valence-electron chi connectivity index (χ2n) is 8.85. The molecule has 0 radical (unpaired) electrons. The lowest BCUT2D eigenvalue weighted by Crippen LogP contribution is -2.44. The number of nitro groups is 1. The Labute approximate surface area is 209 Å². The van der Waals surface area contributed by atoms with Crippen molar-refractivity contribution in [1.82, 2.24) is 5.01 Å². The summed E-state index contributed by atoms with van der Waals surface area (Å²) in [6, 6.07) is 17.4. The largest absolute Gasteiger partial charge is 0.292 e. The van der Waals surface area contributed by atoms with Gasteiger partial charge in [0.1, 0.15) is 6.04 Å². The molecule has 9 nitrogen and oxygen atoms in total. The number of rotatable bonds is 4. The molecular formula is C26H17ClN4O5. The van der Waals surface area contributed by atoms with Gasteiger partial charge in [-0.1, -0.05) is 41.9 Å². The molecule has 3 aliphatic heterocycles. The number of nitrogens with zero attached hydrogens (tertiary/aromatic N) is 4. The van der Waals surface area contributed by atoms with Gasteiger partial charge in [-0.3, -0.25) is 29.5 Å². The van der Waals surface area contributed by atoms with Gasteiger partial charge in [0.25, 0.3) is 5.69 Å². The summed E-state index contributed by atoms with van der Waals surface area (Å²) >= 11 is 6.00. The number of Topliss-reactive ketones (excluding diaryl/α,β-unsaturated/α-hetero) is 1. The Kier molecular flexibility index (Phi) is 4.97. The van der Waals surface area contributed by atoms with Crippen LogP contribution in [0.4, 0.5) is 11.4 Å². The second kappa shape index (κ2) is 8.10. The summed E-state index contributed by atoms with van der Waals surface area (Å²) in [5.74, 6) is -3.37. The quantitative estimate of drug-likeness (QED) is 0.231. The van der Waals surface area contributed by atoms with Crippen LogP contribution in [-0.4, -0.2) is 39.8 Å². The number of anilines is 1. The number of halogens is 1. The molecule has 0 saturated carbocycles. The number of ketones is 1. The van der Waals surface area contributed by atoms with E-state index in [2.05, 4.69) is 5.10 Å². The van der Waals surface area contributed by atoms with Crippen molar-refractivity contribution >= 4 is 46.8 Å². The van der Waals surface area contributed by atoms with Gasteiger partial charge in [0, 0.05) is 22.7 Å². The van der Waals surface area contributed by atoms with E-state index in [0.29, 0.717) is 10.6 Å². The number of non-ortho nitro benzene ring substituents is 1. The highest BCUT2D eigenvalue weighted by molar-refractivity contribution is 6.30. The van der Waals surface area contributed by atoms with E-state index in [1.165, 1.54) is 24.3 Å². The van der Waals surface area contributed by atoms with Crippen molar-refractivity contribution in [2.24, 2.45) is 16.9 Å². The van der Waals surface area contributed by atoms with Crippen LogP contribution in [0.15, 0.2) is 77.9 Å². The molecule has 0 unspecified atom stereocenters. The summed E-state index contributed by atoms with van der Waals surface area (Å²) in [7, 11) is 0. The topological polar surface area (TPSA) is 113 Å². The molecule has 178 valence electrons. The lowest BCUT2D eigenvalue weighted by atomic mass is 9.83. The zero-order chi connectivity index (χ0) is 25.1. The van der Waals surface area contributed by atoms with Gasteiger partial charge in [-0.25, -0.2) is 4.90 Å². The van der Waals surface area contributed by atoms with Crippen LogP contribution in [0.25, 0.3) is 0 Å². The molecule has 0 spiro atoms. The normalized spacial score (nSPS) is 23.9. The van der Waals surface area contributed by atoms with Crippen LogP contribution in [0.3, 0.4) is 0 Å². The molecule has 0 N–H and O–H groups in total. The van der Waals surface area contributed by atoms with E-state index in [1.54, 1.807) is 35.5 Å². The number of imide groups is 1. The van der Waals surface area contributed by atoms with E-state index in [0.717, 1.165) is 16.0 Å². The number of benzene rings is 3. The average molecular weight is 501 g/mol. The highest BCUT2D eigenvalue weighted by Crippen LogP contribution is 2.53. The molecule has 6 rings (SSSR count). The highest BCUT2D eigenvalue weighted by atomic mass is 35.5. The van der Waals surface area contributed by atoms with Crippen LogP contribution in [0.1, 0.15) is 27.5 Å². The predicted octanol–water partition coefficient (Wildman–Crippen LogP) is 4.01. The smallest absolute Gasteiger partial charge is 0.271 e. The molecule has 0 bridgehead atoms. The maximum atomic E-state index is 13.8. The minimum Gasteiger partial charge on any atom is -0.292 e. The molecule has 0 aliphatic carbocycles. The second-order valence-corrected chi connectivity index (χ2v) is 9.29. The summed E-state index contributed by atoms with van der Waals surface area (Å²) in [4.78, 5) is 53.1. The maximum absolute atomic E-state index is 13.8. The van der Waals surface area contributed by atoms with Crippen LogP contribution in [0, 0.1) is 22.0 Å². The molecule has 3 aromatic carbocycles. The van der Waals surface area contributed by atoms with Gasteiger partial charge in [0.05, 0.1) is 34.7 Å². The first-order valence-electron chi connectivity index (χ1n) is 11.2. The molecule has 36 heavy (non-hydrogen) atoms. The molecule has 2 amide bonds. The fourth-order valence-corrected chi connectivity index (χ4v) is 5.58. The fourth-order valence-electron chi connectivity index (χ4n) is 5.45. The van der Waals surface area contributed by atoms with Crippen LogP contribution < -0.4 is 4.90 Å². The van der Waals surface area contributed by atoms with E-state index in [1.807, 2.05) is 24.3 Å². The third-order valence-electron chi connectivity index (χ3n) is 6.99. The Balaban J connectivity index is 1.49. The summed E-state index contributed by atoms with van der Waals surface area (Å²) < 4.78 is 0. The molecule has 3 aromatic rings. The zero-order valence-corrected chi connectivity index (χ0v) is 19.3. The van der Waals surface area contributed by atoms with Crippen LogP contribution in [0.5, 0.6) is 0 Å². The molecule has 2 saturated heterocycles. The van der Waals surface area contributed by atoms with Crippen molar-refractivity contribution in [3.8, 4) is 0 Å². The Morgan fingerprint density at radius 1 is 0.944 bits per heavy atom. The molecule has 4 atom stereocenters. The number of fused-ring (bicyclic) bond motifs is 5. The van der Waals surface area contributed by atoms with E-state index in [-0.39, 0.29) is 17.2 Å². The monoisotopic (exact) mass is 500 g/mol. The van der Waals surface area contributed by atoms with Crippen LogP contribution in [0.2, 0.25) is 5.02 Å². The van der Waals surface area contributed by atoms with Crippen molar-refractivity contribution in [1.29, 1.82) is 0 Å². The van der Waals surface area contributed by atoms with E-state index >= 15 is 0 Å². The Hall–Kier alpha value is -4.37. The number of amides is 2. The SMILES string of the molecule is O=C(c1ccc(Cl)cc1)[C@H]1[C@H]2C(=O)N(c3cccc([N+](=O)[O-])c3)C(=O)[C@@H]2[C@H]2c3ccccc3C=NN21.